The van der Waals surface area contributed by atoms with Crippen molar-refractivity contribution in [3.63, 3.8) is 0 Å². The van der Waals surface area contributed by atoms with E-state index in [4.69, 9.17) is 4.74 Å². The largest absolute Gasteiger partial charge is 0.374 e. The van der Waals surface area contributed by atoms with Crippen molar-refractivity contribution in [2.75, 3.05) is 26.9 Å². The average Bonchev–Trinajstić information content (AvgIpc) is 2.16. The van der Waals surface area contributed by atoms with Crippen LogP contribution in [-0.4, -0.2) is 44.8 Å². The first-order valence-electron chi connectivity index (χ1n) is 4.59. The van der Waals surface area contributed by atoms with Gasteiger partial charge in [-0.15, -0.1) is 0 Å². The Morgan fingerprint density at radius 1 is 1.47 bits per heavy atom. The summed E-state index contributed by atoms with van der Waals surface area (Å²) in [5.41, 5.74) is -0.914. The number of methoxy groups -OCH3 is 1. The topological polar surface area (TPSA) is 47.6 Å². The van der Waals surface area contributed by atoms with E-state index in [1.54, 1.807) is 13.8 Å². The third-order valence-corrected chi connectivity index (χ3v) is 1.83. The Labute approximate surface area is 87.9 Å². The summed E-state index contributed by atoms with van der Waals surface area (Å²) in [4.78, 5) is 11.4. The van der Waals surface area contributed by atoms with E-state index in [0.717, 1.165) is 0 Å². The van der Waals surface area contributed by atoms with E-state index in [0.29, 0.717) is 0 Å². The lowest BCUT2D eigenvalue weighted by Gasteiger charge is -2.21. The molecule has 15 heavy (non-hydrogen) atoms. The van der Waals surface area contributed by atoms with Gasteiger partial charge in [0.1, 0.15) is 12.2 Å². The summed E-state index contributed by atoms with van der Waals surface area (Å²) in [5, 5.41) is 2.51. The molecule has 0 aromatic carbocycles. The highest BCUT2D eigenvalue weighted by atomic mass is 19.3. The number of carbonyl (C=O) groups is 1. The van der Waals surface area contributed by atoms with Crippen LogP contribution < -0.4 is 5.32 Å². The average molecular weight is 225 g/mol. The number of ether oxygens (including phenoxy) is 2. The van der Waals surface area contributed by atoms with Gasteiger partial charge in [-0.1, -0.05) is 0 Å². The SMILES string of the molecule is COC(C)(C)C(=O)NCCOCC(F)F. The van der Waals surface area contributed by atoms with Gasteiger partial charge in [-0.25, -0.2) is 8.78 Å². The Kier molecular flexibility index (Phi) is 6.35. The molecular weight excluding hydrogens is 208 g/mol. The van der Waals surface area contributed by atoms with Gasteiger partial charge >= 0.3 is 0 Å². The number of hydrogen-bond acceptors (Lipinski definition) is 3. The second-order valence-corrected chi connectivity index (χ2v) is 3.44. The van der Waals surface area contributed by atoms with E-state index in [9.17, 15) is 13.6 Å². The summed E-state index contributed by atoms with van der Waals surface area (Å²) in [7, 11) is 1.42. The molecule has 6 heteroatoms. The molecule has 0 aliphatic rings. The molecule has 1 amide bonds. The van der Waals surface area contributed by atoms with Gasteiger partial charge in [0.2, 0.25) is 0 Å². The van der Waals surface area contributed by atoms with E-state index < -0.39 is 18.6 Å². The fraction of sp³-hybridized carbons (Fsp3) is 0.889. The first-order chi connectivity index (χ1) is 6.90. The molecular formula is C9H17F2NO3. The predicted molar refractivity (Wildman–Crippen MR) is 50.9 cm³/mol. The molecule has 4 nitrogen and oxygen atoms in total. The van der Waals surface area contributed by atoms with Crippen LogP contribution in [-0.2, 0) is 14.3 Å². The molecule has 0 heterocycles. The molecule has 0 unspecified atom stereocenters. The molecule has 0 radical (unpaired) electrons. The number of alkyl halides is 2. The van der Waals surface area contributed by atoms with Crippen molar-refractivity contribution < 1.29 is 23.0 Å². The van der Waals surface area contributed by atoms with Gasteiger partial charge in [0, 0.05) is 13.7 Å². The minimum Gasteiger partial charge on any atom is -0.374 e. The first kappa shape index (κ1) is 14.2. The molecule has 0 aromatic rings. The van der Waals surface area contributed by atoms with Gasteiger partial charge in [-0.3, -0.25) is 4.79 Å². The maximum absolute atomic E-state index is 11.6. The number of halogens is 2. The number of hydrogen-bond donors (Lipinski definition) is 1. The quantitative estimate of drug-likeness (QED) is 0.652. The minimum absolute atomic E-state index is 0.0654. The van der Waals surface area contributed by atoms with Gasteiger partial charge in [0.15, 0.2) is 0 Å². The van der Waals surface area contributed by atoms with E-state index in [1.807, 2.05) is 0 Å². The van der Waals surface area contributed by atoms with Crippen molar-refractivity contribution in [1.82, 2.24) is 5.32 Å². The number of carbonyl (C=O) groups excluding carboxylic acids is 1. The third kappa shape index (κ3) is 6.35. The molecule has 0 aromatic heterocycles. The van der Waals surface area contributed by atoms with Gasteiger partial charge < -0.3 is 14.8 Å². The molecule has 0 atom stereocenters. The summed E-state index contributed by atoms with van der Waals surface area (Å²) in [5.74, 6) is -0.300. The minimum atomic E-state index is -2.48. The first-order valence-corrected chi connectivity index (χ1v) is 4.59. The van der Waals surface area contributed by atoms with Crippen molar-refractivity contribution in [3.8, 4) is 0 Å². The van der Waals surface area contributed by atoms with Crippen LogP contribution in [0.25, 0.3) is 0 Å². The maximum atomic E-state index is 11.6. The predicted octanol–water partition coefficient (Wildman–Crippen LogP) is 0.809. The maximum Gasteiger partial charge on any atom is 0.261 e. The van der Waals surface area contributed by atoms with Gasteiger partial charge in [0.05, 0.1) is 6.61 Å². The molecule has 0 bridgehead atoms. The lowest BCUT2D eigenvalue weighted by atomic mass is 10.1. The normalized spacial score (nSPS) is 11.9. The van der Waals surface area contributed by atoms with Crippen molar-refractivity contribution in [2.24, 2.45) is 0 Å². The molecule has 0 saturated heterocycles. The number of nitrogens with one attached hydrogen (secondary N) is 1. The molecule has 0 spiro atoms. The zero-order chi connectivity index (χ0) is 11.9. The molecule has 0 rings (SSSR count). The molecule has 0 aliphatic carbocycles. The Hall–Kier alpha value is -0.750. The number of amides is 1. The molecule has 0 aliphatic heterocycles. The van der Waals surface area contributed by atoms with Crippen molar-refractivity contribution >= 4 is 5.91 Å². The molecule has 0 fully saturated rings. The van der Waals surface area contributed by atoms with Crippen LogP contribution in [0.1, 0.15) is 13.8 Å². The fourth-order valence-electron chi connectivity index (χ4n) is 0.715. The monoisotopic (exact) mass is 225 g/mol. The smallest absolute Gasteiger partial charge is 0.261 e. The standard InChI is InChI=1S/C9H17F2NO3/c1-9(2,14-3)8(13)12-4-5-15-6-7(10)11/h7H,4-6H2,1-3H3,(H,12,13). The highest BCUT2D eigenvalue weighted by molar-refractivity contribution is 5.84. The molecule has 90 valence electrons. The lowest BCUT2D eigenvalue weighted by molar-refractivity contribution is -0.139. The highest BCUT2D eigenvalue weighted by Gasteiger charge is 2.26. The molecule has 0 saturated carbocycles. The summed E-state index contributed by atoms with van der Waals surface area (Å²) >= 11 is 0. The summed E-state index contributed by atoms with van der Waals surface area (Å²) in [6.07, 6.45) is -2.48. The van der Waals surface area contributed by atoms with Crippen LogP contribution in [0, 0.1) is 0 Å². The van der Waals surface area contributed by atoms with Gasteiger partial charge in [-0.05, 0) is 13.8 Å². The van der Waals surface area contributed by atoms with E-state index >= 15 is 0 Å². The summed E-state index contributed by atoms with van der Waals surface area (Å²) in [6.45, 7) is 2.88. The number of rotatable bonds is 7. The Balaban J connectivity index is 3.56. The second-order valence-electron chi connectivity index (χ2n) is 3.44. The Bertz CT molecular complexity index is 198. The highest BCUT2D eigenvalue weighted by Crippen LogP contribution is 2.06. The van der Waals surface area contributed by atoms with E-state index in [2.05, 4.69) is 10.1 Å². The van der Waals surface area contributed by atoms with Crippen LogP contribution in [0.2, 0.25) is 0 Å². The fourth-order valence-corrected chi connectivity index (χ4v) is 0.715. The second kappa shape index (κ2) is 6.68. The van der Waals surface area contributed by atoms with Crippen molar-refractivity contribution in [1.29, 1.82) is 0 Å². The third-order valence-electron chi connectivity index (χ3n) is 1.83. The van der Waals surface area contributed by atoms with Crippen LogP contribution in [0.4, 0.5) is 8.78 Å². The van der Waals surface area contributed by atoms with E-state index in [1.165, 1.54) is 7.11 Å². The van der Waals surface area contributed by atoms with Gasteiger partial charge in [-0.2, -0.15) is 0 Å². The van der Waals surface area contributed by atoms with Crippen molar-refractivity contribution in [3.05, 3.63) is 0 Å². The lowest BCUT2D eigenvalue weighted by Crippen LogP contribution is -2.44. The van der Waals surface area contributed by atoms with Crippen molar-refractivity contribution in [2.45, 2.75) is 25.9 Å². The Morgan fingerprint density at radius 2 is 2.07 bits per heavy atom. The summed E-state index contributed by atoms with van der Waals surface area (Å²) < 4.78 is 32.8. The summed E-state index contributed by atoms with van der Waals surface area (Å²) in [6, 6.07) is 0. The van der Waals surface area contributed by atoms with Gasteiger partial charge in [0.25, 0.3) is 12.3 Å². The zero-order valence-electron chi connectivity index (χ0n) is 9.18. The molecule has 1 N–H and O–H groups in total. The van der Waals surface area contributed by atoms with Crippen LogP contribution in [0.3, 0.4) is 0 Å². The van der Waals surface area contributed by atoms with E-state index in [-0.39, 0.29) is 19.1 Å². The zero-order valence-corrected chi connectivity index (χ0v) is 9.18. The van der Waals surface area contributed by atoms with Crippen LogP contribution in [0.15, 0.2) is 0 Å². The Morgan fingerprint density at radius 3 is 2.53 bits per heavy atom. The van der Waals surface area contributed by atoms with Crippen LogP contribution >= 0.6 is 0 Å². The van der Waals surface area contributed by atoms with Crippen LogP contribution in [0.5, 0.6) is 0 Å².